The zero-order chi connectivity index (χ0) is 5.91. The van der Waals surface area contributed by atoms with Crippen molar-refractivity contribution in [2.24, 2.45) is 0 Å². The van der Waals surface area contributed by atoms with E-state index in [1.54, 1.807) is 0 Å². The summed E-state index contributed by atoms with van der Waals surface area (Å²) in [5, 5.41) is 0. The molecule has 7 heavy (non-hydrogen) atoms. The van der Waals surface area contributed by atoms with Crippen LogP contribution in [0.5, 0.6) is 0 Å². The van der Waals surface area contributed by atoms with Gasteiger partial charge in [0.1, 0.15) is 0 Å². The van der Waals surface area contributed by atoms with Crippen molar-refractivity contribution in [2.75, 3.05) is 0 Å². The maximum absolute atomic E-state index is 5.02. The number of hydrogen-bond donors (Lipinski definition) is 0. The molecule has 0 unspecified atom stereocenters. The molecule has 0 radical (unpaired) electrons. The van der Waals surface area contributed by atoms with Crippen molar-refractivity contribution in [1.82, 2.24) is 0 Å². The molecule has 0 atom stereocenters. The third-order valence-corrected chi connectivity index (χ3v) is 0.647. The molecule has 0 aliphatic heterocycles. The molecule has 0 saturated carbocycles. The van der Waals surface area contributed by atoms with Gasteiger partial charge in [-0.3, -0.25) is 0 Å². The fourth-order valence-electron chi connectivity index (χ4n) is 0.125. The van der Waals surface area contributed by atoms with E-state index in [0.29, 0.717) is 0 Å². The Labute approximate surface area is 55.1 Å². The van der Waals surface area contributed by atoms with Gasteiger partial charge in [0, 0.05) is 0 Å². The topological polar surface area (TPSA) is 9.23 Å². The second kappa shape index (κ2) is 2.67. The van der Waals surface area contributed by atoms with Gasteiger partial charge in [-0.1, -0.05) is 0 Å². The molecular formula is C5H9OW. The van der Waals surface area contributed by atoms with Crippen LogP contribution in [0.15, 0.2) is 0 Å². The Bertz CT molecular complexity index is 85.2. The first-order valence-electron chi connectivity index (χ1n) is 2.11. The standard InChI is InChI=1S/C5H9O.W/c1-5(2,3)6-4;/h1-3H3;. The Kier molecular flexibility index (Phi) is 2.83. The van der Waals surface area contributed by atoms with Crippen molar-refractivity contribution in [3.8, 4) is 4.39 Å². The van der Waals surface area contributed by atoms with Crippen LogP contribution in [0.3, 0.4) is 0 Å². The Morgan fingerprint density at radius 1 is 1.43 bits per heavy atom. The van der Waals surface area contributed by atoms with Crippen molar-refractivity contribution in [3.63, 3.8) is 0 Å². The second-order valence-corrected chi connectivity index (χ2v) is 2.90. The molecule has 0 fully saturated rings. The van der Waals surface area contributed by atoms with Gasteiger partial charge < -0.3 is 0 Å². The summed E-state index contributed by atoms with van der Waals surface area (Å²) in [4.78, 5) is 0. The number of rotatable bonds is 0. The first-order valence-corrected chi connectivity index (χ1v) is 3.58. The monoisotopic (exact) mass is 269 g/mol. The van der Waals surface area contributed by atoms with Gasteiger partial charge in [-0.25, -0.2) is 0 Å². The summed E-state index contributed by atoms with van der Waals surface area (Å²) < 4.78 is 7.71. The van der Waals surface area contributed by atoms with Gasteiger partial charge in [-0.05, 0) is 0 Å². The molecule has 41 valence electrons. The molecule has 0 bridgehead atoms. The summed E-state index contributed by atoms with van der Waals surface area (Å²) in [5.74, 6) is 0. The normalized spacial score (nSPS) is 10.6. The summed E-state index contributed by atoms with van der Waals surface area (Å²) >= 11 is 1.24. The van der Waals surface area contributed by atoms with E-state index in [-0.39, 0.29) is 5.60 Å². The van der Waals surface area contributed by atoms with Gasteiger partial charge in [-0.15, -0.1) is 0 Å². The first kappa shape index (κ1) is 7.43. The summed E-state index contributed by atoms with van der Waals surface area (Å²) in [6.07, 6.45) is 0. The molecule has 0 aliphatic rings. The van der Waals surface area contributed by atoms with E-state index in [1.807, 2.05) is 20.8 Å². The van der Waals surface area contributed by atoms with Crippen molar-refractivity contribution in [1.29, 1.82) is 0 Å². The van der Waals surface area contributed by atoms with E-state index in [4.69, 9.17) is 4.74 Å². The van der Waals surface area contributed by atoms with Crippen molar-refractivity contribution < 1.29 is 23.9 Å². The molecule has 0 aliphatic carbocycles. The van der Waals surface area contributed by atoms with Crippen LogP contribution in [-0.2, 0) is 23.9 Å². The third kappa shape index (κ3) is 6.43. The molecule has 0 heterocycles. The molecular weight excluding hydrogens is 260 g/mol. The van der Waals surface area contributed by atoms with Gasteiger partial charge in [0.2, 0.25) is 0 Å². The zero-order valence-corrected chi connectivity index (χ0v) is 7.75. The molecule has 0 spiro atoms. The summed E-state index contributed by atoms with van der Waals surface area (Å²) in [6.45, 7) is 6.01. The van der Waals surface area contributed by atoms with E-state index in [9.17, 15) is 0 Å². The van der Waals surface area contributed by atoms with Crippen LogP contribution in [0.4, 0.5) is 0 Å². The Hall–Kier alpha value is 0.428. The van der Waals surface area contributed by atoms with Crippen LogP contribution in [0.2, 0.25) is 0 Å². The number of hydrogen-bond acceptors (Lipinski definition) is 1. The average Bonchev–Trinajstić information content (AvgIpc) is 1.30. The number of ether oxygens (including phenoxy) is 1. The summed E-state index contributed by atoms with van der Waals surface area (Å²) in [5.41, 5.74) is -0.0399. The van der Waals surface area contributed by atoms with E-state index >= 15 is 0 Å². The average molecular weight is 269 g/mol. The fourth-order valence-corrected chi connectivity index (χ4v) is 1.02. The summed E-state index contributed by atoms with van der Waals surface area (Å²) in [7, 11) is 0. The van der Waals surface area contributed by atoms with Crippen LogP contribution in [-0.4, -0.2) is 5.60 Å². The van der Waals surface area contributed by atoms with Crippen LogP contribution >= 0.6 is 0 Å². The molecule has 2 heteroatoms. The molecule has 0 aromatic rings. The summed E-state index contributed by atoms with van der Waals surface area (Å²) in [6, 6.07) is 0. The van der Waals surface area contributed by atoms with Crippen LogP contribution in [0.25, 0.3) is 0 Å². The fraction of sp³-hybridized carbons (Fsp3) is 0.800. The van der Waals surface area contributed by atoms with E-state index < -0.39 is 0 Å². The molecule has 1 nitrogen and oxygen atoms in total. The predicted octanol–water partition coefficient (Wildman–Crippen LogP) is 1.27. The SMILES string of the molecule is CC(C)(C)O[C]#[W]. The van der Waals surface area contributed by atoms with Gasteiger partial charge in [-0.2, -0.15) is 0 Å². The Balaban J connectivity index is 3.40. The predicted molar refractivity (Wildman–Crippen MR) is 24.7 cm³/mol. The van der Waals surface area contributed by atoms with Crippen LogP contribution < -0.4 is 0 Å². The van der Waals surface area contributed by atoms with Crippen molar-refractivity contribution in [2.45, 2.75) is 26.4 Å². The van der Waals surface area contributed by atoms with E-state index in [2.05, 4.69) is 4.39 Å². The van der Waals surface area contributed by atoms with Gasteiger partial charge >= 0.3 is 54.7 Å². The molecule has 0 saturated heterocycles. The minimum atomic E-state index is -0.0399. The molecule has 0 amide bonds. The quantitative estimate of drug-likeness (QED) is 0.643. The minimum absolute atomic E-state index is 0.0399. The second-order valence-electron chi connectivity index (χ2n) is 2.30. The van der Waals surface area contributed by atoms with Crippen LogP contribution in [0, 0.1) is 4.39 Å². The first-order chi connectivity index (χ1) is 3.06. The Morgan fingerprint density at radius 3 is 1.86 bits per heavy atom. The molecule has 0 rings (SSSR count). The molecule has 0 aromatic heterocycles. The van der Waals surface area contributed by atoms with Crippen molar-refractivity contribution >= 4 is 0 Å². The van der Waals surface area contributed by atoms with Crippen molar-refractivity contribution in [3.05, 3.63) is 0 Å². The third-order valence-electron chi connectivity index (χ3n) is 0.348. The van der Waals surface area contributed by atoms with Gasteiger partial charge in [0.25, 0.3) is 0 Å². The van der Waals surface area contributed by atoms with Crippen LogP contribution in [0.1, 0.15) is 20.8 Å². The van der Waals surface area contributed by atoms with Gasteiger partial charge in [0.05, 0.1) is 0 Å². The maximum atomic E-state index is 5.02. The zero-order valence-electron chi connectivity index (χ0n) is 4.82. The van der Waals surface area contributed by atoms with E-state index in [1.165, 1.54) is 19.2 Å². The Morgan fingerprint density at radius 2 is 1.86 bits per heavy atom. The molecule has 0 N–H and O–H groups in total. The van der Waals surface area contributed by atoms with Gasteiger partial charge in [0.15, 0.2) is 0 Å². The molecule has 0 aromatic carbocycles. The van der Waals surface area contributed by atoms with E-state index in [0.717, 1.165) is 0 Å².